The summed E-state index contributed by atoms with van der Waals surface area (Å²) >= 11 is 1.56. The number of halogens is 7. The van der Waals surface area contributed by atoms with Gasteiger partial charge >= 0.3 is 11.0 Å². The van der Waals surface area contributed by atoms with E-state index in [1.165, 1.54) is 0 Å². The van der Waals surface area contributed by atoms with E-state index < -0.39 is 33.7 Å². The van der Waals surface area contributed by atoms with Gasteiger partial charge in [0.2, 0.25) is 0 Å². The molecule has 13 heteroatoms. The van der Waals surface area contributed by atoms with Crippen molar-refractivity contribution in [1.82, 2.24) is 0 Å². The van der Waals surface area contributed by atoms with Crippen LogP contribution in [0.2, 0.25) is 0 Å². The Morgan fingerprint density at radius 1 is 0.842 bits per heavy atom. The molecule has 114 valence electrons. The van der Waals surface area contributed by atoms with E-state index in [-0.39, 0.29) is 6.08 Å². The molecule has 0 amide bonds. The average molecular weight is 399 g/mol. The van der Waals surface area contributed by atoms with Crippen molar-refractivity contribution in [3.8, 4) is 0 Å². The molecule has 0 aromatic carbocycles. The topological polar surface area (TPSA) is 68.3 Å². The van der Waals surface area contributed by atoms with Gasteiger partial charge in [-0.1, -0.05) is 6.08 Å². The molecule has 0 aromatic rings. The van der Waals surface area contributed by atoms with Crippen LogP contribution in [0.15, 0.2) is 12.2 Å². The van der Waals surface area contributed by atoms with E-state index in [1.54, 1.807) is 15.9 Å². The molecular formula is C6H5BrF6O4S2. The third-order valence-corrected chi connectivity index (χ3v) is 8.80. The van der Waals surface area contributed by atoms with Crippen LogP contribution < -0.4 is 0 Å². The van der Waals surface area contributed by atoms with Crippen LogP contribution in [0.4, 0.5) is 26.3 Å². The van der Waals surface area contributed by atoms with Crippen LogP contribution in [-0.4, -0.2) is 30.8 Å². The van der Waals surface area contributed by atoms with Gasteiger partial charge in [0, 0.05) is 0 Å². The summed E-state index contributed by atoms with van der Waals surface area (Å²) in [5.74, 6) is 0. The van der Waals surface area contributed by atoms with Crippen LogP contribution in [-0.2, 0) is 19.7 Å². The predicted octanol–water partition coefficient (Wildman–Crippen LogP) is 2.48. The minimum Gasteiger partial charge on any atom is -0.217 e. The quantitative estimate of drug-likeness (QED) is 0.416. The molecule has 0 atom stereocenters. The first-order chi connectivity index (χ1) is 8.06. The van der Waals surface area contributed by atoms with Crippen LogP contribution in [0.25, 0.3) is 0 Å². The summed E-state index contributed by atoms with van der Waals surface area (Å²) in [7, 11) is -13.4. The normalized spacial score (nSPS) is 16.0. The van der Waals surface area contributed by atoms with Gasteiger partial charge in [0.15, 0.2) is 0 Å². The van der Waals surface area contributed by atoms with E-state index in [2.05, 4.69) is 0 Å². The molecule has 0 aliphatic carbocycles. The van der Waals surface area contributed by atoms with Gasteiger partial charge in [-0.25, -0.2) is 16.8 Å². The SMILES string of the molecule is CC=CC(Br)(S(=O)(=O)C(F)(F)F)S(=O)(=O)C(F)(F)F. The summed E-state index contributed by atoms with van der Waals surface area (Å²) in [6, 6.07) is 0. The van der Waals surface area contributed by atoms with E-state index in [1.807, 2.05) is 0 Å². The summed E-state index contributed by atoms with van der Waals surface area (Å²) in [5, 5.41) is 0. The van der Waals surface area contributed by atoms with Crippen molar-refractivity contribution in [2.75, 3.05) is 0 Å². The minimum absolute atomic E-state index is 0.251. The van der Waals surface area contributed by atoms with E-state index in [0.717, 1.165) is 6.92 Å². The standard InChI is InChI=1S/C6H5BrF6O4S2/c1-2-3-4(7,18(14,15)5(8,9)10)19(16,17)6(11,12)13/h2-3H,1H3. The van der Waals surface area contributed by atoms with Crippen molar-refractivity contribution in [2.45, 2.75) is 20.9 Å². The fourth-order valence-electron chi connectivity index (χ4n) is 0.838. The van der Waals surface area contributed by atoms with Gasteiger partial charge in [0.1, 0.15) is 0 Å². The van der Waals surface area contributed by atoms with Crippen molar-refractivity contribution in [3.05, 3.63) is 12.2 Å². The van der Waals surface area contributed by atoms with Gasteiger partial charge in [-0.15, -0.1) is 0 Å². The Hall–Kier alpha value is -0.300. The molecule has 0 unspecified atom stereocenters. The number of hydrogen-bond acceptors (Lipinski definition) is 4. The largest absolute Gasteiger partial charge is 0.500 e. The molecule has 0 aliphatic heterocycles. The molecule has 0 aliphatic rings. The molecule has 0 rings (SSSR count). The number of sulfone groups is 2. The van der Waals surface area contributed by atoms with Crippen LogP contribution >= 0.6 is 15.9 Å². The first-order valence-corrected chi connectivity index (χ1v) is 7.76. The second-order valence-corrected chi connectivity index (χ2v) is 9.77. The summed E-state index contributed by atoms with van der Waals surface area (Å²) in [4.78, 5) is 0. The molecule has 0 saturated heterocycles. The maximum atomic E-state index is 12.3. The highest BCUT2D eigenvalue weighted by atomic mass is 79.9. The van der Waals surface area contributed by atoms with Gasteiger partial charge in [-0.2, -0.15) is 26.3 Å². The van der Waals surface area contributed by atoms with E-state index in [0.29, 0.717) is 6.08 Å². The first kappa shape index (κ1) is 18.7. The first-order valence-electron chi connectivity index (χ1n) is 4.01. The molecule has 0 saturated carbocycles. The average Bonchev–Trinajstić information content (AvgIpc) is 2.13. The Kier molecular flexibility index (Phi) is 4.83. The predicted molar refractivity (Wildman–Crippen MR) is 56.4 cm³/mol. The highest BCUT2D eigenvalue weighted by molar-refractivity contribution is 9.13. The lowest BCUT2D eigenvalue weighted by atomic mass is 10.6. The second-order valence-electron chi connectivity index (χ2n) is 2.98. The van der Waals surface area contributed by atoms with Crippen molar-refractivity contribution in [3.63, 3.8) is 0 Å². The Labute approximate surface area is 112 Å². The van der Waals surface area contributed by atoms with E-state index in [4.69, 9.17) is 0 Å². The maximum absolute atomic E-state index is 12.3. The molecular weight excluding hydrogens is 394 g/mol. The third-order valence-electron chi connectivity index (χ3n) is 1.71. The van der Waals surface area contributed by atoms with E-state index >= 15 is 0 Å². The number of hydrogen-bond donors (Lipinski definition) is 0. The molecule has 0 radical (unpaired) electrons. The zero-order valence-corrected chi connectivity index (χ0v) is 12.0. The fourth-order valence-corrected chi connectivity index (χ4v) is 5.19. The van der Waals surface area contributed by atoms with Gasteiger partial charge in [-0.3, -0.25) is 0 Å². The molecule has 0 aromatic heterocycles. The molecule has 19 heavy (non-hydrogen) atoms. The van der Waals surface area contributed by atoms with Gasteiger partial charge < -0.3 is 0 Å². The van der Waals surface area contributed by atoms with E-state index in [9.17, 15) is 43.2 Å². The zero-order valence-electron chi connectivity index (χ0n) is 8.75. The molecule has 0 fully saturated rings. The van der Waals surface area contributed by atoms with Crippen molar-refractivity contribution in [2.24, 2.45) is 0 Å². The van der Waals surface area contributed by atoms with Crippen LogP contribution in [0, 0.1) is 0 Å². The number of alkyl halides is 7. The lowest BCUT2D eigenvalue weighted by molar-refractivity contribution is -0.0469. The second kappa shape index (κ2) is 4.91. The van der Waals surface area contributed by atoms with Crippen LogP contribution in [0.3, 0.4) is 0 Å². The molecule has 4 nitrogen and oxygen atoms in total. The highest BCUT2D eigenvalue weighted by Crippen LogP contribution is 2.48. The Bertz CT molecular complexity index is 526. The summed E-state index contributed by atoms with van der Waals surface area (Å²) < 4.78 is 114. The zero-order chi connectivity index (χ0) is 15.9. The monoisotopic (exact) mass is 398 g/mol. The van der Waals surface area contributed by atoms with Crippen LogP contribution in [0.5, 0.6) is 0 Å². The smallest absolute Gasteiger partial charge is 0.217 e. The van der Waals surface area contributed by atoms with Gasteiger partial charge in [0.05, 0.1) is 0 Å². The number of rotatable bonds is 3. The Morgan fingerprint density at radius 3 is 1.26 bits per heavy atom. The number of allylic oxidation sites excluding steroid dienone is 1. The summed E-state index contributed by atoms with van der Waals surface area (Å²) in [5.41, 5.74) is -12.4. The Balaban J connectivity index is 6.58. The molecule has 0 bridgehead atoms. The van der Waals surface area contributed by atoms with Crippen molar-refractivity contribution < 1.29 is 43.2 Å². The highest BCUT2D eigenvalue weighted by Gasteiger charge is 2.70. The lowest BCUT2D eigenvalue weighted by Crippen LogP contribution is -2.50. The van der Waals surface area contributed by atoms with Crippen molar-refractivity contribution >= 4 is 35.6 Å². The summed E-state index contributed by atoms with van der Waals surface area (Å²) in [6.45, 7) is 0.855. The van der Waals surface area contributed by atoms with Crippen molar-refractivity contribution in [1.29, 1.82) is 0 Å². The fraction of sp³-hybridized carbons (Fsp3) is 0.667. The van der Waals surface area contributed by atoms with Gasteiger partial charge in [-0.05, 0) is 28.9 Å². The molecule has 0 N–H and O–H groups in total. The Morgan fingerprint density at radius 2 is 1.11 bits per heavy atom. The van der Waals surface area contributed by atoms with Gasteiger partial charge in [0.25, 0.3) is 22.7 Å². The summed E-state index contributed by atoms with van der Waals surface area (Å²) in [6.07, 6.45) is 0.181. The maximum Gasteiger partial charge on any atom is 0.500 e. The molecule has 0 spiro atoms. The minimum atomic E-state index is -6.72. The molecule has 0 heterocycles. The third kappa shape index (κ3) is 2.77. The lowest BCUT2D eigenvalue weighted by Gasteiger charge is -2.25. The van der Waals surface area contributed by atoms with Crippen LogP contribution in [0.1, 0.15) is 6.92 Å².